The third-order valence-corrected chi connectivity index (χ3v) is 5.48. The Morgan fingerprint density at radius 2 is 2.15 bits per heavy atom. The second-order valence-electron chi connectivity index (χ2n) is 5.53. The molecule has 0 heterocycles. The molecule has 2 N–H and O–H groups in total. The molecule has 5 heteroatoms. The predicted octanol–water partition coefficient (Wildman–Crippen LogP) is 3.97. The van der Waals surface area contributed by atoms with Gasteiger partial charge in [0.25, 0.3) is 0 Å². The number of ketones is 1. The molecule has 3 rings (SSSR count). The zero-order valence-corrected chi connectivity index (χ0v) is 12.6. The maximum absolute atomic E-state index is 14.2. The van der Waals surface area contributed by atoms with Crippen molar-refractivity contribution in [1.29, 1.82) is 0 Å². The van der Waals surface area contributed by atoms with Crippen LogP contribution in [-0.4, -0.2) is 5.78 Å². The topological polar surface area (TPSA) is 43.1 Å². The molecule has 2 nitrogen and oxygen atoms in total. The van der Waals surface area contributed by atoms with Crippen LogP contribution in [0, 0.1) is 17.0 Å². The molecule has 0 aliphatic heterocycles. The average molecular weight is 342 g/mol. The number of hydrogen-bond donors (Lipinski definition) is 1. The lowest BCUT2D eigenvalue weighted by Gasteiger charge is -2.34. The Morgan fingerprint density at radius 1 is 1.45 bits per heavy atom. The van der Waals surface area contributed by atoms with E-state index in [1.165, 1.54) is 6.07 Å². The summed E-state index contributed by atoms with van der Waals surface area (Å²) < 4.78 is 28.5. The van der Waals surface area contributed by atoms with Crippen LogP contribution >= 0.6 is 15.9 Å². The van der Waals surface area contributed by atoms with Crippen molar-refractivity contribution in [2.75, 3.05) is 5.73 Å². The third-order valence-electron chi connectivity index (χ3n) is 4.64. The second kappa shape index (κ2) is 4.38. The maximum Gasteiger partial charge on any atom is 0.170 e. The van der Waals surface area contributed by atoms with E-state index in [1.54, 1.807) is 0 Å². The number of carbonyl (C=O) groups excluding carboxylic acids is 1. The van der Waals surface area contributed by atoms with E-state index in [1.807, 2.05) is 6.92 Å². The van der Waals surface area contributed by atoms with Crippen molar-refractivity contribution in [2.24, 2.45) is 5.41 Å². The van der Waals surface area contributed by atoms with Crippen LogP contribution in [0.2, 0.25) is 0 Å². The molecule has 0 radical (unpaired) electrons. The summed E-state index contributed by atoms with van der Waals surface area (Å²) in [5.41, 5.74) is 6.42. The molecule has 20 heavy (non-hydrogen) atoms. The second-order valence-corrected chi connectivity index (χ2v) is 6.33. The summed E-state index contributed by atoms with van der Waals surface area (Å²) in [5.74, 6) is -1.45. The van der Waals surface area contributed by atoms with Gasteiger partial charge in [0.15, 0.2) is 11.6 Å². The fourth-order valence-electron chi connectivity index (χ4n) is 3.43. The van der Waals surface area contributed by atoms with Crippen molar-refractivity contribution in [1.82, 2.24) is 0 Å². The van der Waals surface area contributed by atoms with Crippen molar-refractivity contribution in [2.45, 2.75) is 32.6 Å². The van der Waals surface area contributed by atoms with Crippen LogP contribution in [0.1, 0.15) is 37.3 Å². The number of benzene rings is 1. The van der Waals surface area contributed by atoms with Gasteiger partial charge in [0.1, 0.15) is 11.5 Å². The molecular formula is C15H14BrF2NO. The molecule has 0 amide bonds. The number of nitrogens with two attached hydrogens (primary N) is 1. The summed E-state index contributed by atoms with van der Waals surface area (Å²) in [6, 6.07) is 1.26. The Labute approximate surface area is 124 Å². The molecule has 2 aliphatic rings. The first-order valence-corrected chi connectivity index (χ1v) is 7.40. The van der Waals surface area contributed by atoms with Crippen LogP contribution in [0.5, 0.6) is 0 Å². The number of rotatable bonds is 1. The van der Waals surface area contributed by atoms with Crippen LogP contribution in [0.3, 0.4) is 0 Å². The summed E-state index contributed by atoms with van der Waals surface area (Å²) in [6.07, 6.45) is 2.36. The number of fused-ring (bicyclic) bond motifs is 3. The van der Waals surface area contributed by atoms with E-state index in [-0.39, 0.29) is 11.2 Å². The Morgan fingerprint density at radius 3 is 2.80 bits per heavy atom. The summed E-state index contributed by atoms with van der Waals surface area (Å²) in [7, 11) is 0. The molecule has 0 saturated carbocycles. The molecule has 2 aliphatic carbocycles. The fourth-order valence-corrected chi connectivity index (χ4v) is 4.26. The highest BCUT2D eigenvalue weighted by atomic mass is 79.9. The van der Waals surface area contributed by atoms with E-state index in [0.717, 1.165) is 12.0 Å². The van der Waals surface area contributed by atoms with Crippen molar-refractivity contribution < 1.29 is 13.6 Å². The minimum Gasteiger partial charge on any atom is -0.394 e. The van der Waals surface area contributed by atoms with Crippen LogP contribution in [0.4, 0.5) is 14.5 Å². The van der Waals surface area contributed by atoms with Crippen molar-refractivity contribution in [3.05, 3.63) is 33.3 Å². The minimum atomic E-state index is -0.765. The van der Waals surface area contributed by atoms with Gasteiger partial charge in [0, 0.05) is 11.8 Å². The SMILES string of the molecule is CCC12CCC(=O)C(Br)=C1c1cc(F)c(N)c(F)c1C2. The third kappa shape index (κ3) is 1.62. The molecular weight excluding hydrogens is 328 g/mol. The highest BCUT2D eigenvalue weighted by molar-refractivity contribution is 9.12. The Hall–Kier alpha value is -1.23. The molecule has 0 fully saturated rings. The number of nitrogen functional groups attached to an aromatic ring is 1. The molecule has 106 valence electrons. The van der Waals surface area contributed by atoms with E-state index >= 15 is 0 Å². The van der Waals surface area contributed by atoms with Crippen molar-refractivity contribution in [3.63, 3.8) is 0 Å². The molecule has 1 unspecified atom stereocenters. The summed E-state index contributed by atoms with van der Waals surface area (Å²) >= 11 is 3.33. The van der Waals surface area contributed by atoms with Gasteiger partial charge in [-0.1, -0.05) is 6.92 Å². The highest BCUT2D eigenvalue weighted by Gasteiger charge is 2.47. The van der Waals surface area contributed by atoms with E-state index in [2.05, 4.69) is 15.9 Å². The van der Waals surface area contributed by atoms with Gasteiger partial charge in [0.05, 0.1) is 4.48 Å². The van der Waals surface area contributed by atoms with Gasteiger partial charge in [-0.3, -0.25) is 4.79 Å². The van der Waals surface area contributed by atoms with Gasteiger partial charge in [-0.05, 0) is 58.0 Å². The van der Waals surface area contributed by atoms with Gasteiger partial charge >= 0.3 is 0 Å². The van der Waals surface area contributed by atoms with Gasteiger partial charge < -0.3 is 5.73 Å². The molecule has 1 aromatic rings. The lowest BCUT2D eigenvalue weighted by molar-refractivity contribution is -0.115. The summed E-state index contributed by atoms with van der Waals surface area (Å²) in [4.78, 5) is 11.9. The molecule has 0 bridgehead atoms. The highest BCUT2D eigenvalue weighted by Crippen LogP contribution is 2.57. The fraction of sp³-hybridized carbons (Fsp3) is 0.400. The first-order valence-electron chi connectivity index (χ1n) is 6.61. The van der Waals surface area contributed by atoms with Gasteiger partial charge in [-0.15, -0.1) is 0 Å². The predicted molar refractivity (Wildman–Crippen MR) is 77.3 cm³/mol. The van der Waals surface area contributed by atoms with Crippen molar-refractivity contribution in [3.8, 4) is 0 Å². The minimum absolute atomic E-state index is 0.00503. The Balaban J connectivity index is 2.34. The number of anilines is 1. The number of allylic oxidation sites excluding steroid dienone is 2. The van der Waals surface area contributed by atoms with Crippen LogP contribution in [-0.2, 0) is 11.2 Å². The lowest BCUT2D eigenvalue weighted by Crippen LogP contribution is -2.26. The molecule has 0 spiro atoms. The standard InChI is InChI=1S/C15H14BrF2NO/c1-2-15-4-3-10(20)12(16)11(15)7-5-9(17)14(19)13(18)8(7)6-15/h5H,2-4,6,19H2,1H3. The summed E-state index contributed by atoms with van der Waals surface area (Å²) in [5, 5.41) is 0. The lowest BCUT2D eigenvalue weighted by atomic mass is 9.71. The number of carbonyl (C=O) groups is 1. The van der Waals surface area contributed by atoms with Crippen LogP contribution < -0.4 is 5.73 Å². The maximum atomic E-state index is 14.2. The van der Waals surface area contributed by atoms with Gasteiger partial charge in [-0.25, -0.2) is 8.78 Å². The largest absolute Gasteiger partial charge is 0.394 e. The van der Waals surface area contributed by atoms with Gasteiger partial charge in [0.2, 0.25) is 0 Å². The van der Waals surface area contributed by atoms with E-state index in [0.29, 0.717) is 34.9 Å². The molecule has 1 aromatic carbocycles. The zero-order chi connectivity index (χ0) is 14.7. The first kappa shape index (κ1) is 13.7. The number of Topliss-reactive ketones (excluding diaryl/α,β-unsaturated/α-hetero) is 1. The summed E-state index contributed by atoms with van der Waals surface area (Å²) in [6.45, 7) is 2.01. The molecule has 0 aromatic heterocycles. The molecule has 0 saturated heterocycles. The average Bonchev–Trinajstić information content (AvgIpc) is 2.77. The van der Waals surface area contributed by atoms with Crippen LogP contribution in [0.15, 0.2) is 10.5 Å². The van der Waals surface area contributed by atoms with E-state index in [4.69, 9.17) is 5.73 Å². The molecule has 1 atom stereocenters. The quantitative estimate of drug-likeness (QED) is 0.785. The smallest absolute Gasteiger partial charge is 0.170 e. The van der Waals surface area contributed by atoms with E-state index in [9.17, 15) is 13.6 Å². The number of halogens is 3. The van der Waals surface area contributed by atoms with Gasteiger partial charge in [-0.2, -0.15) is 0 Å². The number of hydrogen-bond acceptors (Lipinski definition) is 2. The Kier molecular flexibility index (Phi) is 3.01. The normalized spacial score (nSPS) is 24.9. The monoisotopic (exact) mass is 341 g/mol. The van der Waals surface area contributed by atoms with Crippen LogP contribution in [0.25, 0.3) is 5.57 Å². The van der Waals surface area contributed by atoms with Crippen molar-refractivity contribution >= 4 is 33.0 Å². The first-order chi connectivity index (χ1) is 9.41. The zero-order valence-electron chi connectivity index (χ0n) is 11.0. The Bertz CT molecular complexity index is 668. The van der Waals surface area contributed by atoms with E-state index < -0.39 is 17.3 Å².